The summed E-state index contributed by atoms with van der Waals surface area (Å²) >= 11 is 0. The van der Waals surface area contributed by atoms with Crippen LogP contribution in [0, 0.1) is 23.2 Å². The van der Waals surface area contributed by atoms with E-state index in [9.17, 15) is 24.9 Å². The van der Waals surface area contributed by atoms with Crippen LogP contribution in [-0.4, -0.2) is 51.2 Å². The lowest BCUT2D eigenvalue weighted by atomic mass is 9.49. The number of hydrogen-bond acceptors (Lipinski definition) is 5. The van der Waals surface area contributed by atoms with E-state index in [-0.39, 0.29) is 22.9 Å². The van der Waals surface area contributed by atoms with Crippen molar-refractivity contribution in [2.24, 2.45) is 23.2 Å². The zero-order valence-corrected chi connectivity index (χ0v) is 17.8. The number of nitrogens with zero attached hydrogens (tertiary/aromatic N) is 1. The van der Waals surface area contributed by atoms with Gasteiger partial charge in [0, 0.05) is 31.1 Å². The van der Waals surface area contributed by atoms with Crippen LogP contribution in [0.3, 0.4) is 0 Å². The number of hydrogen-bond donors (Lipinski definition) is 4. The number of benzene rings is 1. The summed E-state index contributed by atoms with van der Waals surface area (Å²) in [4.78, 5) is 27.5. The molecular formula is C24H32N2O5. The maximum atomic E-state index is 13.1. The molecule has 0 unspecified atom stereocenters. The number of phenols is 3. The number of amides is 2. The fraction of sp³-hybridized carbons (Fsp3) is 0.667. The highest BCUT2D eigenvalue weighted by molar-refractivity contribution is 5.95. The van der Waals surface area contributed by atoms with Crippen LogP contribution in [0.1, 0.15) is 68.1 Å². The molecule has 7 nitrogen and oxygen atoms in total. The van der Waals surface area contributed by atoms with E-state index in [0.717, 1.165) is 29.9 Å². The summed E-state index contributed by atoms with van der Waals surface area (Å²) in [6.07, 6.45) is 9.94. The molecule has 1 heterocycles. The zero-order chi connectivity index (χ0) is 21.8. The van der Waals surface area contributed by atoms with Crippen molar-refractivity contribution in [2.75, 3.05) is 13.1 Å². The summed E-state index contributed by atoms with van der Waals surface area (Å²) in [6, 6.07) is 2.21. The summed E-state index contributed by atoms with van der Waals surface area (Å²) in [7, 11) is 0. The van der Waals surface area contributed by atoms with Gasteiger partial charge < -0.3 is 25.5 Å². The van der Waals surface area contributed by atoms with E-state index in [0.29, 0.717) is 32.4 Å². The molecule has 5 aliphatic rings. The third kappa shape index (κ3) is 3.94. The van der Waals surface area contributed by atoms with Crippen molar-refractivity contribution in [2.45, 2.75) is 63.8 Å². The van der Waals surface area contributed by atoms with Crippen molar-refractivity contribution in [3.8, 4) is 17.2 Å². The molecule has 0 atom stereocenters. The first kappa shape index (κ1) is 20.5. The monoisotopic (exact) mass is 428 g/mol. The predicted octanol–water partition coefficient (Wildman–Crippen LogP) is 3.13. The first-order valence-electron chi connectivity index (χ1n) is 11.6. The molecule has 1 aliphatic heterocycles. The van der Waals surface area contributed by atoms with Gasteiger partial charge in [0.25, 0.3) is 5.91 Å². The zero-order valence-electron chi connectivity index (χ0n) is 17.8. The number of phenolic OH excluding ortho intramolecular Hbond substituents is 3. The molecule has 4 N–H and O–H groups in total. The van der Waals surface area contributed by atoms with E-state index >= 15 is 0 Å². The molecule has 1 aromatic carbocycles. The number of carbonyl (C=O) groups excluding carboxylic acids is 2. The lowest BCUT2D eigenvalue weighted by Crippen LogP contribution is -2.50. The van der Waals surface area contributed by atoms with Crippen molar-refractivity contribution in [1.29, 1.82) is 0 Å². The van der Waals surface area contributed by atoms with Crippen molar-refractivity contribution in [1.82, 2.24) is 10.2 Å². The molecule has 0 radical (unpaired) electrons. The minimum absolute atomic E-state index is 0.0609. The van der Waals surface area contributed by atoms with Crippen LogP contribution >= 0.6 is 0 Å². The highest BCUT2D eigenvalue weighted by atomic mass is 16.3. The van der Waals surface area contributed by atoms with E-state index in [1.54, 1.807) is 0 Å². The summed E-state index contributed by atoms with van der Waals surface area (Å²) in [5, 5.41) is 31.6. The van der Waals surface area contributed by atoms with Gasteiger partial charge in [0.2, 0.25) is 5.91 Å². The summed E-state index contributed by atoms with van der Waals surface area (Å²) in [6.45, 7) is 1.28. The Morgan fingerprint density at radius 3 is 1.97 bits per heavy atom. The van der Waals surface area contributed by atoms with Crippen molar-refractivity contribution in [3.05, 3.63) is 17.7 Å². The molecule has 2 amide bonds. The smallest absolute Gasteiger partial charge is 0.251 e. The maximum Gasteiger partial charge on any atom is 0.251 e. The lowest BCUT2D eigenvalue weighted by Gasteiger charge is -2.57. The molecular weight excluding hydrogens is 396 g/mol. The molecule has 4 bridgehead atoms. The number of aromatic hydroxyl groups is 3. The Kier molecular flexibility index (Phi) is 5.02. The van der Waals surface area contributed by atoms with Gasteiger partial charge in [0.05, 0.1) is 0 Å². The Morgan fingerprint density at radius 2 is 1.45 bits per heavy atom. The number of likely N-dealkylation sites (tertiary alicyclic amines) is 1. The Bertz CT molecular complexity index is 832. The van der Waals surface area contributed by atoms with Crippen LogP contribution < -0.4 is 5.32 Å². The minimum atomic E-state index is -0.637. The van der Waals surface area contributed by atoms with Crippen LogP contribution in [-0.2, 0) is 4.79 Å². The highest BCUT2D eigenvalue weighted by Crippen LogP contribution is 2.61. The molecule has 31 heavy (non-hydrogen) atoms. The first-order chi connectivity index (χ1) is 14.8. The van der Waals surface area contributed by atoms with Crippen LogP contribution in [0.2, 0.25) is 0 Å². The number of piperidine rings is 1. The molecule has 7 heteroatoms. The van der Waals surface area contributed by atoms with Crippen LogP contribution in [0.4, 0.5) is 0 Å². The number of nitrogens with one attached hydrogen (secondary N) is 1. The van der Waals surface area contributed by atoms with Crippen molar-refractivity contribution >= 4 is 11.8 Å². The standard InChI is InChI=1S/C24H32N2O5/c27-19-8-17(9-20(28)22(19)30)23(31)25-18-1-3-26(4-2-18)21(29)13-24-10-14-5-15(11-24)7-16(6-14)12-24/h8-9,14-16,18,27-28,30H,1-7,10-13H2,(H,25,31). The Balaban J connectivity index is 1.14. The Morgan fingerprint density at radius 1 is 0.935 bits per heavy atom. The van der Waals surface area contributed by atoms with Crippen molar-refractivity contribution in [3.63, 3.8) is 0 Å². The molecule has 4 saturated carbocycles. The Hall–Kier alpha value is -2.44. The summed E-state index contributed by atoms with van der Waals surface area (Å²) in [5.41, 5.74) is 0.341. The summed E-state index contributed by atoms with van der Waals surface area (Å²) < 4.78 is 0. The van der Waals surface area contributed by atoms with E-state index in [1.165, 1.54) is 38.5 Å². The molecule has 6 rings (SSSR count). The summed E-state index contributed by atoms with van der Waals surface area (Å²) in [5.74, 6) is 0.702. The van der Waals surface area contributed by atoms with Crippen LogP contribution in [0.5, 0.6) is 17.2 Å². The average Bonchev–Trinajstić information content (AvgIpc) is 2.70. The molecule has 168 valence electrons. The molecule has 4 aliphatic carbocycles. The average molecular weight is 429 g/mol. The molecule has 1 saturated heterocycles. The molecule has 5 fully saturated rings. The minimum Gasteiger partial charge on any atom is -0.504 e. The second-order valence-electron chi connectivity index (χ2n) is 10.6. The number of carbonyl (C=O) groups is 2. The van der Waals surface area contributed by atoms with Gasteiger partial charge in [-0.15, -0.1) is 0 Å². The van der Waals surface area contributed by atoms with E-state index < -0.39 is 23.2 Å². The van der Waals surface area contributed by atoms with E-state index in [2.05, 4.69) is 5.32 Å². The quantitative estimate of drug-likeness (QED) is 0.551. The van der Waals surface area contributed by atoms with Gasteiger partial charge >= 0.3 is 0 Å². The van der Waals surface area contributed by atoms with Crippen LogP contribution in [0.25, 0.3) is 0 Å². The van der Waals surface area contributed by atoms with Gasteiger partial charge in [-0.25, -0.2) is 0 Å². The molecule has 1 aromatic rings. The van der Waals surface area contributed by atoms with Crippen molar-refractivity contribution < 1.29 is 24.9 Å². The normalized spacial score (nSPS) is 32.3. The topological polar surface area (TPSA) is 110 Å². The largest absolute Gasteiger partial charge is 0.504 e. The lowest BCUT2D eigenvalue weighted by molar-refractivity contribution is -0.140. The molecule has 0 aromatic heterocycles. The number of rotatable bonds is 4. The fourth-order valence-corrected chi connectivity index (χ4v) is 7.22. The first-order valence-corrected chi connectivity index (χ1v) is 11.6. The maximum absolute atomic E-state index is 13.1. The Labute approximate surface area is 182 Å². The second kappa shape index (κ2) is 7.61. The predicted molar refractivity (Wildman–Crippen MR) is 114 cm³/mol. The third-order valence-electron chi connectivity index (χ3n) is 8.21. The molecule has 0 spiro atoms. The van der Waals surface area contributed by atoms with Gasteiger partial charge in [-0.2, -0.15) is 0 Å². The van der Waals surface area contributed by atoms with Gasteiger partial charge in [-0.05, 0) is 86.7 Å². The van der Waals surface area contributed by atoms with Gasteiger partial charge in [-0.3, -0.25) is 9.59 Å². The second-order valence-corrected chi connectivity index (χ2v) is 10.6. The fourth-order valence-electron chi connectivity index (χ4n) is 7.22. The van der Waals surface area contributed by atoms with Gasteiger partial charge in [0.15, 0.2) is 17.2 Å². The SMILES string of the molecule is O=C(NC1CCN(C(=O)CC23CC4CC(CC(C4)C2)C3)CC1)c1cc(O)c(O)c(O)c1. The van der Waals surface area contributed by atoms with Crippen LogP contribution in [0.15, 0.2) is 12.1 Å². The van der Waals surface area contributed by atoms with Gasteiger partial charge in [0.1, 0.15) is 0 Å². The van der Waals surface area contributed by atoms with E-state index in [4.69, 9.17) is 0 Å². The van der Waals surface area contributed by atoms with Gasteiger partial charge in [-0.1, -0.05) is 0 Å². The third-order valence-corrected chi connectivity index (χ3v) is 8.21. The van der Waals surface area contributed by atoms with E-state index in [1.807, 2.05) is 4.90 Å². The highest BCUT2D eigenvalue weighted by Gasteiger charge is 2.51.